The van der Waals surface area contributed by atoms with Gasteiger partial charge in [0.15, 0.2) is 0 Å². The molecule has 1 rings (SSSR count). The largest absolute Gasteiger partial charge is 0.447 e. The van der Waals surface area contributed by atoms with Gasteiger partial charge in [0.2, 0.25) is 5.09 Å². The second kappa shape index (κ2) is 5.18. The van der Waals surface area contributed by atoms with Gasteiger partial charge in [-0.25, -0.2) is 13.6 Å². The fraction of sp³-hybridized carbons (Fsp3) is 0.600. The number of furan rings is 1. The Balaban J connectivity index is 2.62. The van der Waals surface area contributed by atoms with Gasteiger partial charge in [0.25, 0.3) is 10.0 Å². The smallest absolute Gasteiger partial charge is 0.271 e. The van der Waals surface area contributed by atoms with Gasteiger partial charge in [0, 0.05) is 12.6 Å². The van der Waals surface area contributed by atoms with Gasteiger partial charge >= 0.3 is 0 Å². The molecule has 0 aromatic carbocycles. The van der Waals surface area contributed by atoms with Crippen molar-refractivity contribution in [1.29, 1.82) is 0 Å². The van der Waals surface area contributed by atoms with Crippen molar-refractivity contribution >= 4 is 10.0 Å². The van der Waals surface area contributed by atoms with Crippen molar-refractivity contribution in [2.45, 2.75) is 31.0 Å². The zero-order valence-corrected chi connectivity index (χ0v) is 11.0. The summed E-state index contributed by atoms with van der Waals surface area (Å²) in [7, 11) is -2.14. The van der Waals surface area contributed by atoms with Crippen molar-refractivity contribution in [3.63, 3.8) is 0 Å². The number of nitrogens with two attached hydrogens (primary N) is 1. The van der Waals surface area contributed by atoms with E-state index >= 15 is 0 Å². The summed E-state index contributed by atoms with van der Waals surface area (Å²) in [5, 5.41) is 7.90. The predicted molar refractivity (Wildman–Crippen MR) is 62.9 cm³/mol. The highest BCUT2D eigenvalue weighted by atomic mass is 32.2. The molecule has 1 aromatic heterocycles. The summed E-state index contributed by atoms with van der Waals surface area (Å²) in [4.78, 5) is 0. The molecule has 0 fully saturated rings. The highest BCUT2D eigenvalue weighted by Crippen LogP contribution is 2.13. The Labute approximate surface area is 101 Å². The molecule has 0 unspecified atom stereocenters. The van der Waals surface area contributed by atoms with E-state index in [0.717, 1.165) is 0 Å². The maximum atomic E-state index is 11.0. The molecule has 0 radical (unpaired) electrons. The van der Waals surface area contributed by atoms with E-state index in [1.54, 1.807) is 13.2 Å². The standard InChI is InChI=1S/C10H18N2O4S/c1-10(2,7-15-3)12-6-8-4-5-9(16-8)17(11,13)14/h4-5,12H,6-7H2,1-3H3,(H2,11,13,14). The van der Waals surface area contributed by atoms with Crippen LogP contribution in [0.4, 0.5) is 0 Å². The molecule has 17 heavy (non-hydrogen) atoms. The normalized spacial score (nSPS) is 12.9. The molecule has 6 nitrogen and oxygen atoms in total. The first-order chi connectivity index (χ1) is 7.74. The monoisotopic (exact) mass is 262 g/mol. The van der Waals surface area contributed by atoms with E-state index in [1.807, 2.05) is 13.8 Å². The molecule has 0 aliphatic rings. The zero-order chi connectivity index (χ0) is 13.1. The zero-order valence-electron chi connectivity index (χ0n) is 10.2. The summed E-state index contributed by atoms with van der Waals surface area (Å²) < 4.78 is 32.1. The maximum Gasteiger partial charge on any atom is 0.271 e. The Morgan fingerprint density at radius 1 is 1.47 bits per heavy atom. The summed E-state index contributed by atoms with van der Waals surface area (Å²) in [6.07, 6.45) is 0. The number of ether oxygens (including phenoxy) is 1. The number of methoxy groups -OCH3 is 1. The lowest BCUT2D eigenvalue weighted by molar-refractivity contribution is 0.126. The van der Waals surface area contributed by atoms with Gasteiger partial charge in [-0.15, -0.1) is 0 Å². The molecular weight excluding hydrogens is 244 g/mol. The minimum atomic E-state index is -3.77. The SMILES string of the molecule is COCC(C)(C)NCc1ccc(S(N)(=O)=O)o1. The molecule has 3 N–H and O–H groups in total. The third kappa shape index (κ3) is 4.47. The van der Waals surface area contributed by atoms with Crippen molar-refractivity contribution in [3.8, 4) is 0 Å². The molecule has 1 aromatic rings. The maximum absolute atomic E-state index is 11.0. The van der Waals surface area contributed by atoms with Crippen LogP contribution in [0.2, 0.25) is 0 Å². The lowest BCUT2D eigenvalue weighted by Gasteiger charge is -2.24. The van der Waals surface area contributed by atoms with E-state index < -0.39 is 10.0 Å². The van der Waals surface area contributed by atoms with Crippen LogP contribution in [-0.2, 0) is 21.3 Å². The van der Waals surface area contributed by atoms with Crippen LogP contribution in [-0.4, -0.2) is 27.7 Å². The van der Waals surface area contributed by atoms with Crippen LogP contribution in [0.1, 0.15) is 19.6 Å². The van der Waals surface area contributed by atoms with Crippen molar-refractivity contribution in [1.82, 2.24) is 5.32 Å². The number of hydrogen-bond acceptors (Lipinski definition) is 5. The van der Waals surface area contributed by atoms with E-state index in [1.165, 1.54) is 6.07 Å². The Morgan fingerprint density at radius 3 is 2.59 bits per heavy atom. The summed E-state index contributed by atoms with van der Waals surface area (Å²) in [6.45, 7) is 4.89. The molecular formula is C10H18N2O4S. The summed E-state index contributed by atoms with van der Waals surface area (Å²) >= 11 is 0. The number of hydrogen-bond donors (Lipinski definition) is 2. The van der Waals surface area contributed by atoms with Gasteiger partial charge < -0.3 is 14.5 Å². The lowest BCUT2D eigenvalue weighted by atomic mass is 10.1. The van der Waals surface area contributed by atoms with E-state index in [4.69, 9.17) is 14.3 Å². The Bertz CT molecular complexity index is 464. The minimum Gasteiger partial charge on any atom is -0.447 e. The number of primary sulfonamides is 1. The Morgan fingerprint density at radius 2 is 2.12 bits per heavy atom. The van der Waals surface area contributed by atoms with Crippen LogP contribution < -0.4 is 10.5 Å². The van der Waals surface area contributed by atoms with Crippen LogP contribution in [0.5, 0.6) is 0 Å². The lowest BCUT2D eigenvalue weighted by Crippen LogP contribution is -2.42. The molecule has 0 spiro atoms. The molecule has 0 aliphatic carbocycles. The van der Waals surface area contributed by atoms with Crippen molar-refractivity contribution in [3.05, 3.63) is 17.9 Å². The van der Waals surface area contributed by atoms with Gasteiger partial charge in [0.05, 0.1) is 13.2 Å². The van der Waals surface area contributed by atoms with Crippen LogP contribution in [0.15, 0.2) is 21.6 Å². The van der Waals surface area contributed by atoms with E-state index in [-0.39, 0.29) is 10.6 Å². The summed E-state index contributed by atoms with van der Waals surface area (Å²) in [6, 6.07) is 2.92. The quantitative estimate of drug-likeness (QED) is 0.775. The van der Waals surface area contributed by atoms with Crippen LogP contribution in [0, 0.1) is 0 Å². The van der Waals surface area contributed by atoms with Crippen LogP contribution in [0.3, 0.4) is 0 Å². The first kappa shape index (κ1) is 14.2. The summed E-state index contributed by atoms with van der Waals surface area (Å²) in [5.74, 6) is 0.512. The Kier molecular flexibility index (Phi) is 4.31. The molecule has 1 heterocycles. The molecule has 0 atom stereocenters. The van der Waals surface area contributed by atoms with Crippen LogP contribution >= 0.6 is 0 Å². The van der Waals surface area contributed by atoms with Gasteiger partial charge in [-0.3, -0.25) is 0 Å². The Hall–Kier alpha value is -0.890. The third-order valence-electron chi connectivity index (χ3n) is 2.16. The second-order valence-electron chi connectivity index (χ2n) is 4.44. The predicted octanol–water partition coefficient (Wildman–Crippen LogP) is 0.442. The first-order valence-corrected chi connectivity index (χ1v) is 6.65. The topological polar surface area (TPSA) is 94.6 Å². The van der Waals surface area contributed by atoms with Crippen molar-refractivity contribution < 1.29 is 17.6 Å². The van der Waals surface area contributed by atoms with E-state index in [2.05, 4.69) is 5.32 Å². The molecule has 0 aliphatic heterocycles. The molecule has 98 valence electrons. The summed E-state index contributed by atoms with van der Waals surface area (Å²) in [5.41, 5.74) is -0.219. The average molecular weight is 262 g/mol. The number of nitrogens with one attached hydrogen (secondary N) is 1. The highest BCUT2D eigenvalue weighted by Gasteiger charge is 2.18. The van der Waals surface area contributed by atoms with Crippen molar-refractivity contribution in [2.24, 2.45) is 5.14 Å². The van der Waals surface area contributed by atoms with E-state index in [0.29, 0.717) is 18.9 Å². The van der Waals surface area contributed by atoms with E-state index in [9.17, 15) is 8.42 Å². The average Bonchev–Trinajstić information content (AvgIpc) is 2.62. The van der Waals surface area contributed by atoms with Gasteiger partial charge in [-0.2, -0.15) is 0 Å². The molecule has 0 saturated heterocycles. The third-order valence-corrected chi connectivity index (χ3v) is 2.94. The second-order valence-corrected chi connectivity index (χ2v) is 5.93. The van der Waals surface area contributed by atoms with Gasteiger partial charge in [0.1, 0.15) is 5.76 Å². The molecule has 0 amide bonds. The van der Waals surface area contributed by atoms with Gasteiger partial charge in [-0.05, 0) is 26.0 Å². The first-order valence-electron chi connectivity index (χ1n) is 5.10. The fourth-order valence-electron chi connectivity index (χ4n) is 1.34. The van der Waals surface area contributed by atoms with Crippen molar-refractivity contribution in [2.75, 3.05) is 13.7 Å². The molecule has 0 saturated carbocycles. The van der Waals surface area contributed by atoms with Crippen LogP contribution in [0.25, 0.3) is 0 Å². The number of sulfonamides is 1. The minimum absolute atomic E-state index is 0.219. The number of rotatable bonds is 6. The highest BCUT2D eigenvalue weighted by molar-refractivity contribution is 7.89. The molecule has 7 heteroatoms. The molecule has 0 bridgehead atoms. The fourth-order valence-corrected chi connectivity index (χ4v) is 1.83. The van der Waals surface area contributed by atoms with Gasteiger partial charge in [-0.1, -0.05) is 0 Å².